The average Bonchev–Trinajstić information content (AvgIpc) is 2.88. The number of halogens is 3. The molecule has 0 heterocycles. The minimum absolute atomic E-state index is 0.163. The number of ether oxygens (including phenoxy) is 1. The largest absolute Gasteiger partial charge is 0.491 e. The first-order valence-electron chi connectivity index (χ1n) is 12.3. The molecule has 0 saturated heterocycles. The first-order valence-corrected chi connectivity index (χ1v) is 14.2. The molecule has 1 amide bonds. The first kappa shape index (κ1) is 29.4. The molecule has 38 heavy (non-hydrogen) atoms. The van der Waals surface area contributed by atoms with Crippen LogP contribution >= 0.6 is 0 Å². The zero-order chi connectivity index (χ0) is 28.0. The maximum absolute atomic E-state index is 12.6. The fourth-order valence-electron chi connectivity index (χ4n) is 4.48. The van der Waals surface area contributed by atoms with Crippen molar-refractivity contribution in [1.82, 2.24) is 4.90 Å². The van der Waals surface area contributed by atoms with Crippen molar-refractivity contribution in [1.29, 1.82) is 0 Å². The Morgan fingerprint density at radius 2 is 1.37 bits per heavy atom. The van der Waals surface area contributed by atoms with Crippen LogP contribution in [0.5, 0.6) is 5.75 Å². The van der Waals surface area contributed by atoms with Crippen molar-refractivity contribution in [3.05, 3.63) is 90.5 Å². The highest BCUT2D eigenvalue weighted by Gasteiger charge is 2.50. The molecule has 0 aliphatic carbocycles. The third-order valence-electron chi connectivity index (χ3n) is 6.36. The van der Waals surface area contributed by atoms with Gasteiger partial charge in [0.15, 0.2) is 6.10 Å². The summed E-state index contributed by atoms with van der Waals surface area (Å²) in [6.07, 6.45) is -7.39. The number of amides is 1. The zero-order valence-corrected chi connectivity index (χ0v) is 23.0. The highest BCUT2D eigenvalue weighted by molar-refractivity contribution is 6.99. The number of aliphatic hydroxyl groups is 1. The van der Waals surface area contributed by atoms with E-state index in [0.29, 0.717) is 12.4 Å². The van der Waals surface area contributed by atoms with E-state index in [9.17, 15) is 23.1 Å². The van der Waals surface area contributed by atoms with Crippen molar-refractivity contribution in [2.24, 2.45) is 0 Å². The number of carbonyl (C=O) groups excluding carboxylic acids is 1. The number of rotatable bonds is 10. The van der Waals surface area contributed by atoms with Crippen molar-refractivity contribution >= 4 is 24.6 Å². The molecule has 1 unspecified atom stereocenters. The van der Waals surface area contributed by atoms with Crippen LogP contribution in [0.4, 0.5) is 13.2 Å². The number of alkyl halides is 3. The SMILES string of the molecule is CN(CC(O)C(F)(F)F)C(=O)c1ccc(OCCO[Si](c2ccccc2)(c2ccccc2)C(C)(C)C)cc1. The van der Waals surface area contributed by atoms with E-state index in [-0.39, 0.29) is 17.2 Å². The van der Waals surface area contributed by atoms with E-state index in [1.54, 1.807) is 12.1 Å². The second-order valence-electron chi connectivity index (χ2n) is 10.1. The van der Waals surface area contributed by atoms with Crippen LogP contribution in [0.3, 0.4) is 0 Å². The third-order valence-corrected chi connectivity index (χ3v) is 11.4. The lowest BCUT2D eigenvalue weighted by Crippen LogP contribution is -2.66. The van der Waals surface area contributed by atoms with Crippen LogP contribution in [0.1, 0.15) is 31.1 Å². The summed E-state index contributed by atoms with van der Waals surface area (Å²) in [6.45, 7) is 6.35. The summed E-state index contributed by atoms with van der Waals surface area (Å²) in [5, 5.41) is 11.4. The van der Waals surface area contributed by atoms with Crippen molar-refractivity contribution < 1.29 is 32.2 Å². The van der Waals surface area contributed by atoms with Crippen LogP contribution in [0, 0.1) is 0 Å². The fourth-order valence-corrected chi connectivity index (χ4v) is 9.02. The second-order valence-corrected chi connectivity index (χ2v) is 14.4. The molecular formula is C29H34F3NO4Si. The molecule has 0 aliphatic heterocycles. The summed E-state index contributed by atoms with van der Waals surface area (Å²) in [6, 6.07) is 26.7. The number of nitrogens with zero attached hydrogens (tertiary/aromatic N) is 1. The van der Waals surface area contributed by atoms with Crippen molar-refractivity contribution in [3.8, 4) is 5.75 Å². The van der Waals surface area contributed by atoms with Gasteiger partial charge in [-0.05, 0) is 39.7 Å². The molecule has 3 aromatic carbocycles. The summed E-state index contributed by atoms with van der Waals surface area (Å²) >= 11 is 0. The highest BCUT2D eigenvalue weighted by atomic mass is 28.4. The third kappa shape index (κ3) is 6.83. The van der Waals surface area contributed by atoms with Gasteiger partial charge in [0.1, 0.15) is 12.4 Å². The molecule has 0 fully saturated rings. The smallest absolute Gasteiger partial charge is 0.416 e. The topological polar surface area (TPSA) is 59.0 Å². The van der Waals surface area contributed by atoms with Crippen LogP contribution in [-0.2, 0) is 4.43 Å². The summed E-state index contributed by atoms with van der Waals surface area (Å²) < 4.78 is 50.4. The predicted molar refractivity (Wildman–Crippen MR) is 145 cm³/mol. The number of likely N-dealkylation sites (N-methyl/N-ethyl adjacent to an activating group) is 1. The Kier molecular flexibility index (Phi) is 9.40. The van der Waals surface area contributed by atoms with Gasteiger partial charge in [0.25, 0.3) is 14.2 Å². The van der Waals surface area contributed by atoms with Crippen LogP contribution in [0.25, 0.3) is 0 Å². The number of hydrogen-bond donors (Lipinski definition) is 1. The highest BCUT2D eigenvalue weighted by Crippen LogP contribution is 2.36. The van der Waals surface area contributed by atoms with Gasteiger partial charge in [-0.25, -0.2) is 0 Å². The Morgan fingerprint density at radius 3 is 1.82 bits per heavy atom. The molecule has 0 radical (unpaired) electrons. The maximum atomic E-state index is 12.6. The molecule has 1 N–H and O–H groups in total. The Hall–Kier alpha value is -3.14. The van der Waals surface area contributed by atoms with Gasteiger partial charge in [0, 0.05) is 12.6 Å². The summed E-state index contributed by atoms with van der Waals surface area (Å²) in [5.41, 5.74) is 0.192. The second kappa shape index (κ2) is 12.1. The number of benzene rings is 3. The molecule has 0 spiro atoms. The quantitative estimate of drug-likeness (QED) is 0.298. The number of carbonyl (C=O) groups is 1. The van der Waals surface area contributed by atoms with Gasteiger partial charge in [0.2, 0.25) is 0 Å². The van der Waals surface area contributed by atoms with Gasteiger partial charge in [-0.2, -0.15) is 13.2 Å². The monoisotopic (exact) mass is 545 g/mol. The molecule has 0 aromatic heterocycles. The van der Waals surface area contributed by atoms with Crippen LogP contribution < -0.4 is 15.1 Å². The number of hydrogen-bond acceptors (Lipinski definition) is 4. The lowest BCUT2D eigenvalue weighted by atomic mass is 10.2. The maximum Gasteiger partial charge on any atom is 0.416 e. The van der Waals surface area contributed by atoms with Gasteiger partial charge in [-0.15, -0.1) is 0 Å². The van der Waals surface area contributed by atoms with Gasteiger partial charge in [0.05, 0.1) is 13.2 Å². The van der Waals surface area contributed by atoms with E-state index in [2.05, 4.69) is 45.0 Å². The molecule has 0 aliphatic rings. The Balaban J connectivity index is 1.68. The summed E-state index contributed by atoms with van der Waals surface area (Å²) in [7, 11) is -1.47. The Morgan fingerprint density at radius 1 is 0.868 bits per heavy atom. The summed E-state index contributed by atoms with van der Waals surface area (Å²) in [4.78, 5) is 13.3. The first-order chi connectivity index (χ1) is 17.9. The van der Waals surface area contributed by atoms with Gasteiger partial charge >= 0.3 is 6.18 Å². The minimum Gasteiger partial charge on any atom is -0.491 e. The lowest BCUT2D eigenvalue weighted by Gasteiger charge is -2.43. The molecule has 1 atom stereocenters. The van der Waals surface area contributed by atoms with E-state index in [1.807, 2.05) is 36.4 Å². The molecule has 204 valence electrons. The van der Waals surface area contributed by atoms with Gasteiger partial charge < -0.3 is 19.2 Å². The van der Waals surface area contributed by atoms with E-state index in [0.717, 1.165) is 4.90 Å². The zero-order valence-electron chi connectivity index (χ0n) is 22.0. The van der Waals surface area contributed by atoms with E-state index >= 15 is 0 Å². The van der Waals surface area contributed by atoms with Gasteiger partial charge in [-0.1, -0.05) is 81.4 Å². The Bertz CT molecular complexity index is 1130. The molecule has 3 rings (SSSR count). The molecule has 9 heteroatoms. The van der Waals surface area contributed by atoms with Crippen molar-refractivity contribution in [3.63, 3.8) is 0 Å². The van der Waals surface area contributed by atoms with Crippen molar-refractivity contribution in [2.75, 3.05) is 26.8 Å². The average molecular weight is 546 g/mol. The molecular weight excluding hydrogens is 511 g/mol. The van der Waals surface area contributed by atoms with Gasteiger partial charge in [-0.3, -0.25) is 4.79 Å². The minimum atomic E-state index is -4.79. The van der Waals surface area contributed by atoms with Crippen LogP contribution in [0.15, 0.2) is 84.9 Å². The normalized spacial score (nSPS) is 13.2. The standard InChI is InChI=1S/C29H34F3NO4Si/c1-28(2,3)38(24-11-7-5-8-12-24,25-13-9-6-10-14-25)37-20-19-36-23-17-15-22(16-18-23)27(35)33(4)21-26(34)29(30,31)32/h5-18,26,34H,19-21H2,1-4H3. The van der Waals surface area contributed by atoms with E-state index in [4.69, 9.17) is 9.16 Å². The molecule has 0 bridgehead atoms. The molecule has 0 saturated carbocycles. The van der Waals surface area contributed by atoms with Crippen LogP contribution in [-0.4, -0.2) is 63.3 Å². The fraction of sp³-hybridized carbons (Fsp3) is 0.345. The summed E-state index contributed by atoms with van der Waals surface area (Å²) in [5.74, 6) is -0.125. The predicted octanol–water partition coefficient (Wildman–Crippen LogP) is 4.64. The number of aliphatic hydroxyl groups excluding tert-OH is 1. The van der Waals surface area contributed by atoms with E-state index in [1.165, 1.54) is 29.6 Å². The van der Waals surface area contributed by atoms with Crippen molar-refractivity contribution in [2.45, 2.75) is 38.1 Å². The van der Waals surface area contributed by atoms with E-state index < -0.39 is 33.0 Å². The Labute approximate surface area is 223 Å². The molecule has 5 nitrogen and oxygen atoms in total. The van der Waals surface area contributed by atoms with Crippen LogP contribution in [0.2, 0.25) is 5.04 Å². The molecule has 3 aromatic rings. The lowest BCUT2D eigenvalue weighted by molar-refractivity contribution is -0.205.